The number of ether oxygens (including phenoxy) is 2. The fourth-order valence-electron chi connectivity index (χ4n) is 5.86. The van der Waals surface area contributed by atoms with Gasteiger partial charge in [0, 0.05) is 12.0 Å². The molecule has 9 heteroatoms. The van der Waals surface area contributed by atoms with E-state index < -0.39 is 51.8 Å². The van der Waals surface area contributed by atoms with Crippen molar-refractivity contribution in [3.8, 4) is 6.07 Å². The third-order valence-corrected chi connectivity index (χ3v) is 11.1. The number of carbonyl (C=O) groups is 3. The maximum Gasteiger partial charge on any atom is 0.336 e. The first-order chi connectivity index (χ1) is 19.8. The molecule has 44 heavy (non-hydrogen) atoms. The Bertz CT molecular complexity index is 1050. The van der Waals surface area contributed by atoms with Gasteiger partial charge in [-0.2, -0.15) is 5.26 Å². The van der Waals surface area contributed by atoms with Crippen LogP contribution in [0.5, 0.6) is 0 Å². The maximum atomic E-state index is 13.5. The van der Waals surface area contributed by atoms with Crippen LogP contribution in [0.15, 0.2) is 0 Å². The lowest BCUT2D eigenvalue weighted by molar-refractivity contribution is -0.169. The summed E-state index contributed by atoms with van der Waals surface area (Å²) in [5, 5.41) is 23.5. The van der Waals surface area contributed by atoms with Crippen LogP contribution in [-0.2, 0) is 23.9 Å². The molecular weight excluding hydrogens is 558 g/mol. The van der Waals surface area contributed by atoms with Gasteiger partial charge in [0.1, 0.15) is 6.04 Å². The highest BCUT2D eigenvalue weighted by Gasteiger charge is 2.52. The van der Waals surface area contributed by atoms with E-state index in [1.165, 1.54) is 0 Å². The summed E-state index contributed by atoms with van der Waals surface area (Å²) in [7, 11) is 0. The fraction of sp³-hybridized carbons (Fsp3) is 0.886. The monoisotopic (exact) mass is 621 g/mol. The predicted octanol–water partition coefficient (Wildman–Crippen LogP) is 6.06. The van der Waals surface area contributed by atoms with Gasteiger partial charge in [0.05, 0.1) is 37.2 Å². The third kappa shape index (κ3) is 9.99. The minimum Gasteiger partial charge on any atom is -0.391 e. The lowest BCUT2D eigenvalue weighted by Crippen LogP contribution is -2.61. The van der Waals surface area contributed by atoms with Gasteiger partial charge in [0.2, 0.25) is 5.91 Å². The number of aliphatic hydroxyl groups is 1. The molecule has 0 saturated carbocycles. The Morgan fingerprint density at radius 2 is 1.57 bits per heavy atom. The number of nitrogens with one attached hydrogen (secondary N) is 1. The van der Waals surface area contributed by atoms with Gasteiger partial charge < -0.3 is 25.6 Å². The zero-order valence-corrected chi connectivity index (χ0v) is 30.0. The maximum absolute atomic E-state index is 13.5. The second-order valence-electron chi connectivity index (χ2n) is 17.0. The van der Waals surface area contributed by atoms with Crippen molar-refractivity contribution in [3.63, 3.8) is 0 Å². The number of carbonyl (C=O) groups excluding carboxylic acids is 3. The summed E-state index contributed by atoms with van der Waals surface area (Å²) >= 11 is 0. The number of nitrogens with two attached hydrogens (primary N) is 1. The Hall–Kier alpha value is -2.02. The van der Waals surface area contributed by atoms with E-state index in [1.54, 1.807) is 0 Å². The van der Waals surface area contributed by atoms with Crippen LogP contribution in [0.4, 0.5) is 0 Å². The Morgan fingerprint density at radius 1 is 1.00 bits per heavy atom. The number of rotatable bonds is 16. The number of hydrogen-bond acceptors (Lipinski definition) is 8. The molecule has 9 nitrogen and oxygen atoms in total. The molecule has 1 saturated heterocycles. The van der Waals surface area contributed by atoms with Gasteiger partial charge in [-0.15, -0.1) is 0 Å². The summed E-state index contributed by atoms with van der Waals surface area (Å²) in [4.78, 5) is 37.9. The van der Waals surface area contributed by atoms with E-state index in [2.05, 4.69) is 59.9 Å². The average Bonchev–Trinajstić information content (AvgIpc) is 3.31. The molecule has 1 rings (SSSR count). The summed E-state index contributed by atoms with van der Waals surface area (Å²) in [5.41, 5.74) is 3.83. The SMILES string of the molecule is CCC(C)(C)C(CC(C)(C)C(C)(N)C(O)CC(C)(C)C(C)(C)C(CC(C)(C)C)OCCC#N)C(=O)OC(=O)C1CCC(=O)N1. The number of esters is 2. The standard InChI is InChI=1S/C35H63N3O6/c1-14-31(5,6)23(28(41)44-29(42)24-16-17-27(40)38-24)20-33(9,10)35(13,37)25(39)21-32(7,8)34(11,12)26(22-30(2,3)4)43-19-15-18-36/h23-26,39H,14-17,19-22,37H2,1-13H3,(H,38,40). The van der Waals surface area contributed by atoms with Crippen LogP contribution in [-0.4, -0.2) is 53.3 Å². The Kier molecular flexibility index (Phi) is 13.3. The smallest absolute Gasteiger partial charge is 0.336 e. The molecule has 5 atom stereocenters. The molecule has 4 N–H and O–H groups in total. The first kappa shape index (κ1) is 40.0. The van der Waals surface area contributed by atoms with Crippen LogP contribution in [0, 0.1) is 44.3 Å². The number of hydrogen-bond donors (Lipinski definition) is 3. The summed E-state index contributed by atoms with van der Waals surface area (Å²) < 4.78 is 11.7. The molecular formula is C35H63N3O6. The van der Waals surface area contributed by atoms with E-state index in [-0.39, 0.29) is 35.7 Å². The van der Waals surface area contributed by atoms with Gasteiger partial charge in [-0.3, -0.25) is 9.59 Å². The van der Waals surface area contributed by atoms with Crippen LogP contribution in [0.25, 0.3) is 0 Å². The van der Waals surface area contributed by atoms with E-state index in [0.29, 0.717) is 32.3 Å². The summed E-state index contributed by atoms with van der Waals surface area (Å²) in [6.45, 7) is 27.1. The summed E-state index contributed by atoms with van der Waals surface area (Å²) in [5.74, 6) is -2.28. The Labute approximate surface area is 267 Å². The summed E-state index contributed by atoms with van der Waals surface area (Å²) in [6.07, 6.45) is 1.87. The number of amides is 1. The molecule has 0 aromatic carbocycles. The van der Waals surface area contributed by atoms with E-state index >= 15 is 0 Å². The molecule has 0 spiro atoms. The first-order valence-corrected chi connectivity index (χ1v) is 16.3. The Balaban J connectivity index is 3.26. The molecule has 5 unspecified atom stereocenters. The molecule has 254 valence electrons. The van der Waals surface area contributed by atoms with Crippen LogP contribution < -0.4 is 11.1 Å². The third-order valence-electron chi connectivity index (χ3n) is 11.1. The van der Waals surface area contributed by atoms with Gasteiger partial charge in [-0.25, -0.2) is 4.79 Å². The molecule has 1 aliphatic heterocycles. The molecule has 0 aliphatic carbocycles. The highest BCUT2D eigenvalue weighted by Crippen LogP contribution is 2.51. The normalized spacial score (nSPS) is 20.2. The molecule has 0 aromatic rings. The second kappa shape index (κ2) is 14.6. The van der Waals surface area contributed by atoms with Crippen LogP contribution in [0.1, 0.15) is 135 Å². The quantitative estimate of drug-likeness (QED) is 0.107. The zero-order valence-electron chi connectivity index (χ0n) is 30.0. The van der Waals surface area contributed by atoms with Crippen molar-refractivity contribution in [2.24, 2.45) is 38.7 Å². The average molecular weight is 622 g/mol. The largest absolute Gasteiger partial charge is 0.391 e. The number of nitriles is 1. The van der Waals surface area contributed by atoms with Crippen LogP contribution in [0.2, 0.25) is 0 Å². The summed E-state index contributed by atoms with van der Waals surface area (Å²) in [6, 6.07) is 1.34. The second-order valence-corrected chi connectivity index (χ2v) is 17.0. The van der Waals surface area contributed by atoms with Crippen molar-refractivity contribution < 1.29 is 29.0 Å². The van der Waals surface area contributed by atoms with Crippen molar-refractivity contribution >= 4 is 17.8 Å². The lowest BCUT2D eigenvalue weighted by atomic mass is 9.56. The molecule has 1 fully saturated rings. The highest BCUT2D eigenvalue weighted by atomic mass is 16.6. The molecule has 1 heterocycles. The van der Waals surface area contributed by atoms with Crippen LogP contribution in [0.3, 0.4) is 0 Å². The lowest BCUT2D eigenvalue weighted by Gasteiger charge is -2.53. The van der Waals surface area contributed by atoms with Gasteiger partial charge in [-0.05, 0) is 59.7 Å². The van der Waals surface area contributed by atoms with E-state index in [1.807, 2.05) is 41.5 Å². The van der Waals surface area contributed by atoms with E-state index in [4.69, 9.17) is 20.5 Å². The predicted molar refractivity (Wildman–Crippen MR) is 173 cm³/mol. The molecule has 1 amide bonds. The van der Waals surface area contributed by atoms with Crippen molar-refractivity contribution in [3.05, 3.63) is 0 Å². The molecule has 1 aliphatic rings. The van der Waals surface area contributed by atoms with Crippen LogP contribution >= 0.6 is 0 Å². The minimum absolute atomic E-state index is 0.00586. The zero-order chi connectivity index (χ0) is 34.5. The molecule has 0 bridgehead atoms. The van der Waals surface area contributed by atoms with Crippen molar-refractivity contribution in [1.82, 2.24) is 5.32 Å². The van der Waals surface area contributed by atoms with E-state index in [9.17, 15) is 19.5 Å². The first-order valence-electron chi connectivity index (χ1n) is 16.3. The minimum atomic E-state index is -1.12. The van der Waals surface area contributed by atoms with Gasteiger partial charge in [0.15, 0.2) is 0 Å². The van der Waals surface area contributed by atoms with Crippen molar-refractivity contribution in [2.75, 3.05) is 6.61 Å². The van der Waals surface area contributed by atoms with Crippen molar-refractivity contribution in [2.45, 2.75) is 159 Å². The molecule has 0 aromatic heterocycles. The fourth-order valence-corrected chi connectivity index (χ4v) is 5.86. The van der Waals surface area contributed by atoms with E-state index in [0.717, 1.165) is 6.42 Å². The number of nitrogens with zero attached hydrogens (tertiary/aromatic N) is 1. The van der Waals surface area contributed by atoms with Gasteiger partial charge in [0.25, 0.3) is 0 Å². The molecule has 0 radical (unpaired) electrons. The number of aliphatic hydroxyl groups excluding tert-OH is 1. The Morgan fingerprint density at radius 3 is 2.02 bits per heavy atom. The topological polar surface area (TPSA) is 152 Å². The van der Waals surface area contributed by atoms with Crippen molar-refractivity contribution in [1.29, 1.82) is 5.26 Å². The van der Waals surface area contributed by atoms with Gasteiger partial charge >= 0.3 is 11.9 Å². The highest BCUT2D eigenvalue weighted by molar-refractivity contribution is 5.94. The van der Waals surface area contributed by atoms with Gasteiger partial charge in [-0.1, -0.05) is 89.5 Å².